The van der Waals surface area contributed by atoms with Crippen molar-refractivity contribution in [1.29, 1.82) is 5.26 Å². The smallest absolute Gasteiger partial charge is 0.204 e. The minimum Gasteiger partial charge on any atom is -0.369 e. The van der Waals surface area contributed by atoms with Crippen LogP contribution in [0.3, 0.4) is 0 Å². The van der Waals surface area contributed by atoms with Crippen LogP contribution in [-0.2, 0) is 5.75 Å². The summed E-state index contributed by atoms with van der Waals surface area (Å²) >= 11 is 1.71. The van der Waals surface area contributed by atoms with Crippen LogP contribution in [0.15, 0.2) is 11.3 Å². The second kappa shape index (κ2) is 6.81. The zero-order valence-corrected chi connectivity index (χ0v) is 10.8. The number of aromatic nitrogens is 2. The predicted molar refractivity (Wildman–Crippen MR) is 69.4 cm³/mol. The number of imidazole rings is 1. The van der Waals surface area contributed by atoms with Gasteiger partial charge in [-0.15, -0.1) is 0 Å². The van der Waals surface area contributed by atoms with Gasteiger partial charge in [0.15, 0.2) is 6.19 Å². The van der Waals surface area contributed by atoms with E-state index in [4.69, 9.17) is 11.0 Å². The van der Waals surface area contributed by atoms with Crippen molar-refractivity contribution in [2.24, 2.45) is 10.7 Å². The zero-order valence-electron chi connectivity index (χ0n) is 9.97. The first-order valence-corrected chi connectivity index (χ1v) is 6.30. The summed E-state index contributed by atoms with van der Waals surface area (Å²) in [7, 11) is 1.57. The molecule has 0 bridgehead atoms. The Labute approximate surface area is 105 Å². The van der Waals surface area contributed by atoms with Gasteiger partial charge in [-0.3, -0.25) is 4.99 Å². The number of nitrogens with zero attached hydrogens (tertiary/aromatic N) is 4. The molecule has 0 aliphatic rings. The Morgan fingerprint density at radius 1 is 1.76 bits per heavy atom. The molecule has 0 unspecified atom stereocenters. The third-order valence-corrected chi connectivity index (χ3v) is 3.21. The molecule has 0 aromatic carbocycles. The van der Waals surface area contributed by atoms with Crippen molar-refractivity contribution in [3.05, 3.63) is 17.7 Å². The molecule has 1 aromatic rings. The first kappa shape index (κ1) is 13.4. The van der Waals surface area contributed by atoms with E-state index in [1.165, 1.54) is 4.90 Å². The van der Waals surface area contributed by atoms with Crippen molar-refractivity contribution >= 4 is 17.7 Å². The molecule has 0 fully saturated rings. The second-order valence-corrected chi connectivity index (χ2v) is 4.47. The molecule has 0 radical (unpaired) electrons. The number of thioether (sulfide) groups is 1. The Morgan fingerprint density at radius 3 is 3.06 bits per heavy atom. The standard InChI is InChI=1S/C10H16N6S/c1-8-9(15-7-14-8)5-17-4-3-16(6-11)10(12)13-2/h7H,3-5H2,1-2H3,(H2,12,13)(H,14,15). The maximum Gasteiger partial charge on any atom is 0.204 e. The van der Waals surface area contributed by atoms with E-state index in [0.717, 1.165) is 22.9 Å². The van der Waals surface area contributed by atoms with E-state index in [2.05, 4.69) is 15.0 Å². The molecule has 3 N–H and O–H groups in total. The van der Waals surface area contributed by atoms with E-state index in [9.17, 15) is 0 Å². The number of aliphatic imine (C=N–C) groups is 1. The molecule has 0 aliphatic carbocycles. The van der Waals surface area contributed by atoms with Crippen LogP contribution in [0.25, 0.3) is 0 Å². The Morgan fingerprint density at radius 2 is 2.53 bits per heavy atom. The summed E-state index contributed by atoms with van der Waals surface area (Å²) < 4.78 is 0. The van der Waals surface area contributed by atoms with Crippen LogP contribution in [0.4, 0.5) is 0 Å². The molecule has 1 aromatic heterocycles. The average Bonchev–Trinajstić information content (AvgIpc) is 2.74. The van der Waals surface area contributed by atoms with Crippen LogP contribution in [0.1, 0.15) is 11.4 Å². The van der Waals surface area contributed by atoms with Crippen LogP contribution < -0.4 is 5.73 Å². The molecule has 6 nitrogen and oxygen atoms in total. The summed E-state index contributed by atoms with van der Waals surface area (Å²) in [5.74, 6) is 1.89. The van der Waals surface area contributed by atoms with Crippen LogP contribution in [0, 0.1) is 18.4 Å². The lowest BCUT2D eigenvalue weighted by Crippen LogP contribution is -2.34. The third-order valence-electron chi connectivity index (χ3n) is 2.26. The van der Waals surface area contributed by atoms with E-state index < -0.39 is 0 Å². The van der Waals surface area contributed by atoms with Gasteiger partial charge in [0.05, 0.1) is 12.0 Å². The van der Waals surface area contributed by atoms with Crippen LogP contribution in [0.2, 0.25) is 0 Å². The highest BCUT2D eigenvalue weighted by atomic mass is 32.2. The van der Waals surface area contributed by atoms with Crippen molar-refractivity contribution < 1.29 is 0 Å². The lowest BCUT2D eigenvalue weighted by atomic mass is 10.4. The van der Waals surface area contributed by atoms with E-state index in [0.29, 0.717) is 6.54 Å². The maximum atomic E-state index is 8.84. The van der Waals surface area contributed by atoms with Gasteiger partial charge >= 0.3 is 0 Å². The monoisotopic (exact) mass is 252 g/mol. The zero-order chi connectivity index (χ0) is 12.7. The summed E-state index contributed by atoms with van der Waals surface area (Å²) in [6.07, 6.45) is 3.69. The number of H-pyrrole nitrogens is 1. The number of nitriles is 1. The molecule has 0 saturated carbocycles. The topological polar surface area (TPSA) is 94.1 Å². The number of aryl methyl sites for hydroxylation is 1. The van der Waals surface area contributed by atoms with Gasteiger partial charge in [0.1, 0.15) is 0 Å². The predicted octanol–water partition coefficient (Wildman–Crippen LogP) is 0.679. The number of nitrogens with one attached hydrogen (secondary N) is 1. The lowest BCUT2D eigenvalue weighted by Gasteiger charge is -2.13. The van der Waals surface area contributed by atoms with Crippen LogP contribution >= 0.6 is 11.8 Å². The average molecular weight is 252 g/mol. The highest BCUT2D eigenvalue weighted by Crippen LogP contribution is 2.12. The highest BCUT2D eigenvalue weighted by molar-refractivity contribution is 7.98. The maximum absolute atomic E-state index is 8.84. The number of rotatable bonds is 5. The SMILES string of the molecule is CN=C(N)N(C#N)CCSCc1nc[nH]c1C. The quantitative estimate of drug-likeness (QED) is 0.264. The fourth-order valence-electron chi connectivity index (χ4n) is 1.19. The highest BCUT2D eigenvalue weighted by Gasteiger charge is 2.06. The first-order valence-electron chi connectivity index (χ1n) is 5.15. The van der Waals surface area contributed by atoms with E-state index in [-0.39, 0.29) is 5.96 Å². The fraction of sp³-hybridized carbons (Fsp3) is 0.500. The summed E-state index contributed by atoms with van der Waals surface area (Å²) in [5.41, 5.74) is 7.69. The molecule has 0 atom stereocenters. The van der Waals surface area contributed by atoms with Gasteiger partial charge in [0.25, 0.3) is 0 Å². The molecule has 92 valence electrons. The van der Waals surface area contributed by atoms with Crippen molar-refractivity contribution in [3.8, 4) is 6.19 Å². The Kier molecular flexibility index (Phi) is 5.36. The molecule has 1 heterocycles. The molecule has 0 saturated heterocycles. The summed E-state index contributed by atoms with van der Waals surface area (Å²) in [5, 5.41) is 8.84. The largest absolute Gasteiger partial charge is 0.369 e. The van der Waals surface area contributed by atoms with Crippen molar-refractivity contribution in [2.75, 3.05) is 19.3 Å². The number of guanidine groups is 1. The van der Waals surface area contributed by atoms with Crippen LogP contribution in [-0.4, -0.2) is 40.2 Å². The molecule has 17 heavy (non-hydrogen) atoms. The van der Waals surface area contributed by atoms with E-state index in [1.54, 1.807) is 25.1 Å². The number of hydrogen-bond donors (Lipinski definition) is 2. The van der Waals surface area contributed by atoms with Gasteiger partial charge < -0.3 is 10.7 Å². The lowest BCUT2D eigenvalue weighted by molar-refractivity contribution is 0.606. The second-order valence-electron chi connectivity index (χ2n) is 3.36. The number of aromatic amines is 1. The third kappa shape index (κ3) is 4.00. The molecule has 7 heteroatoms. The molecule has 0 amide bonds. The minimum atomic E-state index is 0.254. The molecule has 1 rings (SSSR count). The molecular weight excluding hydrogens is 236 g/mol. The van der Waals surface area contributed by atoms with Crippen molar-refractivity contribution in [3.63, 3.8) is 0 Å². The Bertz CT molecular complexity index is 419. The summed E-state index contributed by atoms with van der Waals surface area (Å²) in [4.78, 5) is 12.4. The molecular formula is C10H16N6S. The number of nitrogens with two attached hydrogens (primary N) is 1. The van der Waals surface area contributed by atoms with E-state index in [1.807, 2.05) is 13.1 Å². The van der Waals surface area contributed by atoms with Gasteiger partial charge in [-0.05, 0) is 6.92 Å². The minimum absolute atomic E-state index is 0.254. The summed E-state index contributed by atoms with van der Waals surface area (Å²) in [6.45, 7) is 2.56. The van der Waals surface area contributed by atoms with Gasteiger partial charge in [0.2, 0.25) is 5.96 Å². The Balaban J connectivity index is 2.29. The van der Waals surface area contributed by atoms with Gasteiger partial charge in [-0.1, -0.05) is 0 Å². The fourth-order valence-corrected chi connectivity index (χ4v) is 2.13. The Hall–Kier alpha value is -1.68. The van der Waals surface area contributed by atoms with Crippen molar-refractivity contribution in [2.45, 2.75) is 12.7 Å². The number of hydrogen-bond acceptors (Lipinski definition) is 4. The molecule has 0 aliphatic heterocycles. The van der Waals surface area contributed by atoms with E-state index >= 15 is 0 Å². The van der Waals surface area contributed by atoms with Gasteiger partial charge in [-0.2, -0.15) is 17.0 Å². The summed E-state index contributed by atoms with van der Waals surface area (Å²) in [6, 6.07) is 0. The van der Waals surface area contributed by atoms with Gasteiger partial charge in [-0.25, -0.2) is 9.88 Å². The van der Waals surface area contributed by atoms with Crippen molar-refractivity contribution in [1.82, 2.24) is 14.9 Å². The van der Waals surface area contributed by atoms with Gasteiger partial charge in [0, 0.05) is 30.8 Å². The molecule has 0 spiro atoms. The normalized spacial score (nSPS) is 11.2. The first-order chi connectivity index (χ1) is 8.19. The van der Waals surface area contributed by atoms with Crippen LogP contribution in [0.5, 0.6) is 0 Å².